The van der Waals surface area contributed by atoms with Gasteiger partial charge in [-0.3, -0.25) is 14.4 Å². The summed E-state index contributed by atoms with van der Waals surface area (Å²) in [6.45, 7) is 5.33. The van der Waals surface area contributed by atoms with Gasteiger partial charge >= 0.3 is 5.97 Å². The minimum Gasteiger partial charge on any atom is -0.451 e. The Morgan fingerprint density at radius 2 is 2.03 bits per heavy atom. The highest BCUT2D eigenvalue weighted by atomic mass is 35.5. The Balaban J connectivity index is 1.85. The molecule has 5 atom stereocenters. The highest BCUT2D eigenvalue weighted by Gasteiger charge is 2.67. The van der Waals surface area contributed by atoms with E-state index < -0.39 is 28.5 Å². The lowest BCUT2D eigenvalue weighted by atomic mass is 9.52. The van der Waals surface area contributed by atoms with Crippen LogP contribution in [0.15, 0.2) is 34.9 Å². The van der Waals surface area contributed by atoms with Gasteiger partial charge in [0, 0.05) is 17.8 Å². The van der Waals surface area contributed by atoms with Crippen LogP contribution in [0.1, 0.15) is 52.9 Å². The molecule has 4 aliphatic rings. The predicted octanol–water partition coefficient (Wildman–Crippen LogP) is 3.44. The highest BCUT2D eigenvalue weighted by Crippen LogP contribution is 2.65. The zero-order valence-electron chi connectivity index (χ0n) is 17.1. The van der Waals surface area contributed by atoms with Crippen LogP contribution in [0.4, 0.5) is 0 Å². The fraction of sp³-hybridized carbons (Fsp3) is 0.609. The first-order valence-corrected chi connectivity index (χ1v) is 10.8. The largest absolute Gasteiger partial charge is 0.451 e. The number of halogens is 1. The maximum absolute atomic E-state index is 13.0. The molecule has 0 bridgehead atoms. The summed E-state index contributed by atoms with van der Waals surface area (Å²) in [5, 5.41) is 11.3. The lowest BCUT2D eigenvalue weighted by molar-refractivity contribution is -0.181. The maximum atomic E-state index is 13.0. The van der Waals surface area contributed by atoms with Crippen LogP contribution in [0.3, 0.4) is 0 Å². The molecule has 4 aliphatic carbocycles. The van der Waals surface area contributed by atoms with Crippen molar-refractivity contribution >= 4 is 29.1 Å². The average Bonchev–Trinajstić information content (AvgIpc) is 2.93. The van der Waals surface area contributed by atoms with Crippen molar-refractivity contribution in [3.8, 4) is 0 Å². The maximum Gasteiger partial charge on any atom is 0.303 e. The molecule has 1 N–H and O–H groups in total. The SMILES string of the molecule is CC(=O)O[C@]1(C(=O)CCl)CC[C@H]2C3=C([C@@H](O)C[C@@]21C)[C@@]1(C)C=CC(=O)C=C1CC3. The van der Waals surface area contributed by atoms with Crippen LogP contribution in [0.2, 0.25) is 0 Å². The van der Waals surface area contributed by atoms with Crippen LogP contribution in [0, 0.1) is 16.7 Å². The monoisotopic (exact) mass is 418 g/mol. The molecule has 0 aromatic heterocycles. The molecule has 0 aromatic rings. The summed E-state index contributed by atoms with van der Waals surface area (Å²) < 4.78 is 5.72. The van der Waals surface area contributed by atoms with Gasteiger partial charge in [0.1, 0.15) is 0 Å². The van der Waals surface area contributed by atoms with Crippen molar-refractivity contribution in [3.05, 3.63) is 34.9 Å². The van der Waals surface area contributed by atoms with E-state index in [0.717, 1.165) is 29.6 Å². The van der Waals surface area contributed by atoms with Crippen molar-refractivity contribution in [2.24, 2.45) is 16.7 Å². The molecule has 0 radical (unpaired) electrons. The van der Waals surface area contributed by atoms with E-state index in [0.29, 0.717) is 19.3 Å². The molecule has 6 heteroatoms. The van der Waals surface area contributed by atoms with Gasteiger partial charge in [-0.1, -0.05) is 24.1 Å². The quantitative estimate of drug-likeness (QED) is 0.431. The summed E-state index contributed by atoms with van der Waals surface area (Å²) in [6, 6.07) is 0. The van der Waals surface area contributed by atoms with Crippen LogP contribution in [-0.2, 0) is 19.1 Å². The number of alkyl halides is 1. The summed E-state index contributed by atoms with van der Waals surface area (Å²) in [6.07, 6.45) is 7.31. The van der Waals surface area contributed by atoms with Crippen molar-refractivity contribution < 1.29 is 24.2 Å². The van der Waals surface area contributed by atoms with E-state index in [2.05, 4.69) is 6.92 Å². The Kier molecular flexibility index (Phi) is 4.71. The molecule has 0 aliphatic heterocycles. The number of Topliss-reactive ketones (excluding diaryl/α,β-unsaturated/α-hetero) is 1. The lowest BCUT2D eigenvalue weighted by Crippen LogP contribution is -2.58. The van der Waals surface area contributed by atoms with E-state index in [9.17, 15) is 19.5 Å². The van der Waals surface area contributed by atoms with E-state index in [1.807, 2.05) is 13.0 Å². The molecule has 5 nitrogen and oxygen atoms in total. The summed E-state index contributed by atoms with van der Waals surface area (Å²) in [7, 11) is 0. The molecule has 1 saturated carbocycles. The number of aliphatic hydroxyl groups excluding tert-OH is 1. The molecule has 0 unspecified atom stereocenters. The van der Waals surface area contributed by atoms with Gasteiger partial charge in [0.15, 0.2) is 17.2 Å². The molecule has 156 valence electrons. The number of carbonyl (C=O) groups excluding carboxylic acids is 3. The van der Waals surface area contributed by atoms with Gasteiger partial charge in [-0.25, -0.2) is 0 Å². The number of hydrogen-bond acceptors (Lipinski definition) is 5. The van der Waals surface area contributed by atoms with Crippen molar-refractivity contribution in [1.29, 1.82) is 0 Å². The van der Waals surface area contributed by atoms with Gasteiger partial charge in [0.2, 0.25) is 0 Å². The summed E-state index contributed by atoms with van der Waals surface area (Å²) >= 11 is 5.94. The molecular formula is C23H27ClO5. The number of hydrogen-bond donors (Lipinski definition) is 1. The van der Waals surface area contributed by atoms with Crippen molar-refractivity contribution in [2.45, 2.75) is 64.6 Å². The van der Waals surface area contributed by atoms with Crippen LogP contribution in [-0.4, -0.2) is 40.2 Å². The highest BCUT2D eigenvalue weighted by molar-refractivity contribution is 6.29. The van der Waals surface area contributed by atoms with Gasteiger partial charge in [-0.15, -0.1) is 11.6 Å². The summed E-state index contributed by atoms with van der Waals surface area (Å²) in [4.78, 5) is 36.8. The number of ether oxygens (including phenoxy) is 1. The first-order chi connectivity index (χ1) is 13.6. The molecule has 4 rings (SSSR count). The average molecular weight is 419 g/mol. The number of aliphatic hydroxyl groups is 1. The topological polar surface area (TPSA) is 80.7 Å². The second-order valence-electron chi connectivity index (χ2n) is 9.25. The Bertz CT molecular complexity index is 899. The molecular weight excluding hydrogens is 392 g/mol. The normalized spacial score (nSPS) is 40.7. The smallest absolute Gasteiger partial charge is 0.303 e. The third-order valence-electron chi connectivity index (χ3n) is 7.87. The van der Waals surface area contributed by atoms with Gasteiger partial charge < -0.3 is 9.84 Å². The number of allylic oxidation sites excluding steroid dienone is 5. The zero-order valence-corrected chi connectivity index (χ0v) is 17.8. The van der Waals surface area contributed by atoms with E-state index >= 15 is 0 Å². The molecule has 0 aromatic carbocycles. The van der Waals surface area contributed by atoms with Crippen LogP contribution in [0.5, 0.6) is 0 Å². The standard InChI is InChI=1S/C23H27ClO5/c1-13(25)29-23(19(28)12-24)9-7-17-16-5-4-14-10-15(26)6-8-21(14,2)20(16)18(27)11-22(17,23)3/h6,8,10,17-18,27H,4-5,7,9,11-12H2,1-3H3/t17-,18-,21-,22-,23-/m0/s1. The summed E-state index contributed by atoms with van der Waals surface area (Å²) in [5.41, 5.74) is 0.646. The molecule has 0 amide bonds. The number of ketones is 2. The summed E-state index contributed by atoms with van der Waals surface area (Å²) in [5.74, 6) is -1.01. The first-order valence-electron chi connectivity index (χ1n) is 10.2. The Labute approximate surface area is 175 Å². The number of esters is 1. The van der Waals surface area contributed by atoms with Crippen LogP contribution in [0.25, 0.3) is 0 Å². The molecule has 29 heavy (non-hydrogen) atoms. The van der Waals surface area contributed by atoms with Crippen molar-refractivity contribution in [1.82, 2.24) is 0 Å². The number of rotatable bonds is 3. The van der Waals surface area contributed by atoms with E-state index in [4.69, 9.17) is 16.3 Å². The van der Waals surface area contributed by atoms with Gasteiger partial charge in [-0.05, 0) is 62.7 Å². The fourth-order valence-corrected chi connectivity index (χ4v) is 6.83. The minimum absolute atomic E-state index is 0.0147. The Morgan fingerprint density at radius 1 is 1.31 bits per heavy atom. The number of fused-ring (bicyclic) bond motifs is 4. The molecule has 0 spiro atoms. The Morgan fingerprint density at radius 3 is 2.69 bits per heavy atom. The van der Waals surface area contributed by atoms with Crippen LogP contribution >= 0.6 is 11.6 Å². The lowest BCUT2D eigenvalue weighted by Gasteiger charge is -2.53. The zero-order chi connectivity index (χ0) is 21.2. The van der Waals surface area contributed by atoms with Gasteiger partial charge in [-0.2, -0.15) is 0 Å². The van der Waals surface area contributed by atoms with E-state index in [1.54, 1.807) is 12.2 Å². The van der Waals surface area contributed by atoms with Crippen molar-refractivity contribution in [3.63, 3.8) is 0 Å². The van der Waals surface area contributed by atoms with Gasteiger partial charge in [0.05, 0.1) is 12.0 Å². The molecule has 1 fully saturated rings. The molecule has 0 heterocycles. The van der Waals surface area contributed by atoms with Crippen LogP contribution < -0.4 is 0 Å². The minimum atomic E-state index is -1.31. The number of carbonyl (C=O) groups is 3. The van der Waals surface area contributed by atoms with E-state index in [-0.39, 0.29) is 23.4 Å². The van der Waals surface area contributed by atoms with E-state index in [1.165, 1.54) is 6.92 Å². The second kappa shape index (κ2) is 6.64. The third kappa shape index (κ3) is 2.66. The van der Waals surface area contributed by atoms with Crippen molar-refractivity contribution in [2.75, 3.05) is 5.88 Å². The van der Waals surface area contributed by atoms with Gasteiger partial charge in [0.25, 0.3) is 0 Å². The Hall–Kier alpha value is -1.72. The first kappa shape index (κ1) is 20.5. The second-order valence-corrected chi connectivity index (χ2v) is 9.52. The molecule has 0 saturated heterocycles. The predicted molar refractivity (Wildman–Crippen MR) is 108 cm³/mol. The fourth-order valence-electron chi connectivity index (χ4n) is 6.62. The third-order valence-corrected chi connectivity index (χ3v) is 8.11.